The highest BCUT2D eigenvalue weighted by atomic mass is 127. The Kier molecular flexibility index (Phi) is 2.66. The Balaban J connectivity index is 2.35. The van der Waals surface area contributed by atoms with Crippen LogP contribution in [0.2, 0.25) is 0 Å². The first-order valence-corrected chi connectivity index (χ1v) is 7.61. The zero-order valence-corrected chi connectivity index (χ0v) is 13.3. The average molecular weight is 356 g/mol. The predicted molar refractivity (Wildman–Crippen MR) is 80.2 cm³/mol. The molecule has 0 saturated carbocycles. The number of aliphatic hydroxyl groups is 1. The fourth-order valence-electron chi connectivity index (χ4n) is 3.27. The van der Waals surface area contributed by atoms with Gasteiger partial charge in [0.05, 0.1) is 0 Å². The van der Waals surface area contributed by atoms with Crippen LogP contribution in [0.3, 0.4) is 0 Å². The summed E-state index contributed by atoms with van der Waals surface area (Å²) in [6.45, 7) is 6.65. The topological polar surface area (TPSA) is 24.1 Å². The van der Waals surface area contributed by atoms with Crippen LogP contribution < -0.4 is 4.57 Å². The molecule has 1 N–H and O–H groups in total. The maximum Gasteiger partial charge on any atom is 0.227 e. The summed E-state index contributed by atoms with van der Waals surface area (Å²) in [5, 5.41) is 11.1. The fraction of sp³-hybridized carbons (Fsp3) is 0.533. The lowest BCUT2D eigenvalue weighted by Gasteiger charge is -2.25. The number of allylic oxidation sites excluding steroid dienone is 1. The van der Waals surface area contributed by atoms with E-state index in [0.29, 0.717) is 0 Å². The summed E-state index contributed by atoms with van der Waals surface area (Å²) in [5.41, 5.74) is 2.98. The SMILES string of the molecule is CC(C)(C)C1=C(I)C2(O)CCCc3ccc[n+]1c32. The van der Waals surface area contributed by atoms with Crippen LogP contribution in [0.4, 0.5) is 0 Å². The monoisotopic (exact) mass is 356 g/mol. The van der Waals surface area contributed by atoms with Crippen LogP contribution in [-0.2, 0) is 12.0 Å². The second-order valence-corrected chi connectivity index (χ2v) is 7.46. The highest BCUT2D eigenvalue weighted by Gasteiger charge is 2.55. The highest BCUT2D eigenvalue weighted by molar-refractivity contribution is 14.1. The molecule has 1 aliphatic carbocycles. The average Bonchev–Trinajstić information content (AvgIpc) is 2.50. The van der Waals surface area contributed by atoms with Crippen molar-refractivity contribution in [3.8, 4) is 0 Å². The molecule has 0 saturated heterocycles. The fourth-order valence-corrected chi connectivity index (χ4v) is 4.86. The summed E-state index contributed by atoms with van der Waals surface area (Å²) in [7, 11) is 0. The lowest BCUT2D eigenvalue weighted by molar-refractivity contribution is -0.598. The van der Waals surface area contributed by atoms with E-state index in [2.05, 4.69) is 66.3 Å². The minimum Gasteiger partial charge on any atom is -0.374 e. The molecule has 1 atom stereocenters. The first kappa shape index (κ1) is 12.6. The molecule has 1 aliphatic heterocycles. The maximum absolute atomic E-state index is 11.1. The van der Waals surface area contributed by atoms with Gasteiger partial charge in [0, 0.05) is 17.0 Å². The van der Waals surface area contributed by atoms with Crippen LogP contribution in [-0.4, -0.2) is 5.11 Å². The van der Waals surface area contributed by atoms with Crippen LogP contribution in [0.5, 0.6) is 0 Å². The molecule has 0 bridgehead atoms. The van der Waals surface area contributed by atoms with E-state index in [-0.39, 0.29) is 5.41 Å². The van der Waals surface area contributed by atoms with E-state index in [9.17, 15) is 5.11 Å². The molecular formula is C15H19INO+. The summed E-state index contributed by atoms with van der Waals surface area (Å²) < 4.78 is 3.34. The van der Waals surface area contributed by atoms with E-state index < -0.39 is 5.60 Å². The van der Waals surface area contributed by atoms with Gasteiger partial charge in [-0.1, -0.05) is 20.8 Å². The Labute approximate surface area is 122 Å². The van der Waals surface area contributed by atoms with E-state index in [0.717, 1.165) is 28.5 Å². The van der Waals surface area contributed by atoms with Gasteiger partial charge in [-0.15, -0.1) is 0 Å². The second-order valence-electron chi connectivity index (χ2n) is 6.38. The van der Waals surface area contributed by atoms with Crippen LogP contribution in [0.25, 0.3) is 5.70 Å². The Morgan fingerprint density at radius 3 is 2.78 bits per heavy atom. The number of aryl methyl sites for hydroxylation is 1. The Bertz CT molecular complexity index is 556. The third kappa shape index (κ3) is 1.53. The van der Waals surface area contributed by atoms with Gasteiger partial charge in [0.2, 0.25) is 11.4 Å². The van der Waals surface area contributed by atoms with Crippen LogP contribution in [0.15, 0.2) is 21.9 Å². The molecule has 0 aromatic carbocycles. The van der Waals surface area contributed by atoms with Crippen molar-refractivity contribution in [1.29, 1.82) is 0 Å². The van der Waals surface area contributed by atoms with Crippen molar-refractivity contribution >= 4 is 28.3 Å². The molecule has 1 unspecified atom stereocenters. The number of halogens is 1. The molecule has 2 nitrogen and oxygen atoms in total. The van der Waals surface area contributed by atoms with Crippen LogP contribution >= 0.6 is 22.6 Å². The molecule has 0 radical (unpaired) electrons. The first-order chi connectivity index (χ1) is 8.36. The zero-order chi connectivity index (χ0) is 13.1. The van der Waals surface area contributed by atoms with Crippen molar-refractivity contribution < 1.29 is 9.67 Å². The largest absolute Gasteiger partial charge is 0.374 e. The van der Waals surface area contributed by atoms with Crippen molar-refractivity contribution in [2.24, 2.45) is 5.41 Å². The van der Waals surface area contributed by atoms with E-state index in [1.807, 2.05) is 0 Å². The number of pyridine rings is 1. The van der Waals surface area contributed by atoms with E-state index >= 15 is 0 Å². The van der Waals surface area contributed by atoms with Crippen molar-refractivity contribution in [2.75, 3.05) is 0 Å². The summed E-state index contributed by atoms with van der Waals surface area (Å²) in [4.78, 5) is 0. The van der Waals surface area contributed by atoms with Gasteiger partial charge in [-0.2, -0.15) is 4.57 Å². The molecule has 0 fully saturated rings. The minimum absolute atomic E-state index is 0.0450. The van der Waals surface area contributed by atoms with Crippen molar-refractivity contribution in [2.45, 2.75) is 45.6 Å². The third-order valence-corrected chi connectivity index (χ3v) is 5.38. The summed E-state index contributed by atoms with van der Waals surface area (Å²) in [6.07, 6.45) is 5.10. The number of aromatic nitrogens is 1. The number of rotatable bonds is 0. The minimum atomic E-state index is -0.738. The Hall–Kier alpha value is -0.420. The second kappa shape index (κ2) is 3.79. The molecule has 0 spiro atoms. The maximum atomic E-state index is 11.1. The van der Waals surface area contributed by atoms with Gasteiger partial charge in [-0.05, 0) is 47.9 Å². The van der Waals surface area contributed by atoms with Gasteiger partial charge in [-0.3, -0.25) is 0 Å². The van der Waals surface area contributed by atoms with Crippen LogP contribution in [0, 0.1) is 5.41 Å². The normalized spacial score (nSPS) is 26.5. The van der Waals surface area contributed by atoms with Crippen molar-refractivity contribution in [3.05, 3.63) is 33.2 Å². The molecule has 3 rings (SSSR count). The summed E-state index contributed by atoms with van der Waals surface area (Å²) >= 11 is 2.35. The zero-order valence-electron chi connectivity index (χ0n) is 11.1. The standard InChI is InChI=1S/C15H19INO/c1-14(2,3)13-11(16)15(18)8-4-6-10-7-5-9-17(13)12(10)15/h5,7,9,18H,4,6,8H2,1-3H3/q+1. The Morgan fingerprint density at radius 2 is 2.11 bits per heavy atom. The lowest BCUT2D eigenvalue weighted by atomic mass is 9.83. The van der Waals surface area contributed by atoms with Crippen molar-refractivity contribution in [3.63, 3.8) is 0 Å². The Morgan fingerprint density at radius 1 is 1.39 bits per heavy atom. The van der Waals surface area contributed by atoms with Gasteiger partial charge >= 0.3 is 0 Å². The van der Waals surface area contributed by atoms with Crippen LogP contribution in [0.1, 0.15) is 44.9 Å². The van der Waals surface area contributed by atoms with Gasteiger partial charge < -0.3 is 5.11 Å². The molecule has 96 valence electrons. The molecule has 18 heavy (non-hydrogen) atoms. The summed E-state index contributed by atoms with van der Waals surface area (Å²) in [6, 6.07) is 4.26. The van der Waals surface area contributed by atoms with E-state index in [1.54, 1.807) is 0 Å². The molecule has 0 amide bonds. The first-order valence-electron chi connectivity index (χ1n) is 6.53. The highest BCUT2D eigenvalue weighted by Crippen LogP contribution is 2.50. The lowest BCUT2D eigenvalue weighted by Crippen LogP contribution is -2.43. The molecule has 2 heterocycles. The van der Waals surface area contributed by atoms with E-state index in [1.165, 1.54) is 11.3 Å². The molecule has 3 heteroatoms. The molecule has 1 aromatic rings. The van der Waals surface area contributed by atoms with E-state index in [4.69, 9.17) is 0 Å². The molecule has 1 aromatic heterocycles. The number of hydrogen-bond acceptors (Lipinski definition) is 1. The molecular weight excluding hydrogens is 337 g/mol. The molecule has 2 aliphatic rings. The number of hydrogen-bond donors (Lipinski definition) is 1. The number of nitrogens with zero attached hydrogens (tertiary/aromatic N) is 1. The van der Waals surface area contributed by atoms with Crippen molar-refractivity contribution in [1.82, 2.24) is 0 Å². The van der Waals surface area contributed by atoms with Gasteiger partial charge in [0.25, 0.3) is 0 Å². The summed E-state index contributed by atoms with van der Waals surface area (Å²) in [5.74, 6) is 0. The third-order valence-electron chi connectivity index (χ3n) is 3.98. The van der Waals surface area contributed by atoms with Gasteiger partial charge in [0.15, 0.2) is 11.8 Å². The van der Waals surface area contributed by atoms with Gasteiger partial charge in [-0.25, -0.2) is 0 Å². The smallest absolute Gasteiger partial charge is 0.227 e. The quantitative estimate of drug-likeness (QED) is 0.561. The predicted octanol–water partition coefficient (Wildman–Crippen LogP) is 3.16. The van der Waals surface area contributed by atoms with Gasteiger partial charge in [0.1, 0.15) is 3.58 Å².